The fourth-order valence-electron chi connectivity index (χ4n) is 4.40. The second-order valence-corrected chi connectivity index (χ2v) is 10.6. The number of aromatic nitrogens is 4. The third-order valence-corrected chi connectivity index (χ3v) is 6.21. The standard InChI is InChI=1S/C29H33N7O2/c1-29(2,3)35-26(37)18-38-23-7-5-6-20(14-23)27-33-25-12-13-36(4)17-24(25)28(34-27)32-22-10-8-19(9-11-22)21-15-30-31-16-21/h5-11,14-16H,12-13,17-18H2,1-4H3,(H,30,31)(H,35,37)(H,32,33,34). The lowest BCUT2D eigenvalue weighted by Crippen LogP contribution is -2.43. The van der Waals surface area contributed by atoms with Crippen molar-refractivity contribution in [3.8, 4) is 28.3 Å². The summed E-state index contributed by atoms with van der Waals surface area (Å²) >= 11 is 0. The van der Waals surface area contributed by atoms with Crippen molar-refractivity contribution < 1.29 is 9.53 Å². The molecule has 0 radical (unpaired) electrons. The summed E-state index contributed by atoms with van der Waals surface area (Å²) in [5, 5.41) is 13.3. The Morgan fingerprint density at radius 3 is 2.63 bits per heavy atom. The minimum absolute atomic E-state index is 0.0558. The van der Waals surface area contributed by atoms with Gasteiger partial charge in [-0.25, -0.2) is 9.97 Å². The highest BCUT2D eigenvalue weighted by Gasteiger charge is 2.22. The Bertz CT molecular complexity index is 1410. The van der Waals surface area contributed by atoms with E-state index < -0.39 is 0 Å². The number of amides is 1. The molecule has 1 aliphatic heterocycles. The molecule has 0 aliphatic carbocycles. The lowest BCUT2D eigenvalue weighted by atomic mass is 10.1. The predicted molar refractivity (Wildman–Crippen MR) is 148 cm³/mol. The first-order valence-electron chi connectivity index (χ1n) is 12.7. The van der Waals surface area contributed by atoms with Crippen molar-refractivity contribution in [1.29, 1.82) is 0 Å². The number of fused-ring (bicyclic) bond motifs is 1. The van der Waals surface area contributed by atoms with Gasteiger partial charge in [-0.15, -0.1) is 0 Å². The Morgan fingerprint density at radius 1 is 1.08 bits per heavy atom. The first-order chi connectivity index (χ1) is 18.2. The van der Waals surface area contributed by atoms with Crippen molar-refractivity contribution in [2.24, 2.45) is 0 Å². The molecule has 2 aromatic heterocycles. The van der Waals surface area contributed by atoms with Crippen LogP contribution in [0.15, 0.2) is 60.9 Å². The van der Waals surface area contributed by atoms with Crippen LogP contribution in [0.25, 0.3) is 22.5 Å². The quantitative estimate of drug-likeness (QED) is 0.334. The molecule has 9 heteroatoms. The van der Waals surface area contributed by atoms with E-state index >= 15 is 0 Å². The Kier molecular flexibility index (Phi) is 7.11. The maximum Gasteiger partial charge on any atom is 0.258 e. The predicted octanol–water partition coefficient (Wildman–Crippen LogP) is 4.56. The van der Waals surface area contributed by atoms with Gasteiger partial charge in [0.15, 0.2) is 12.4 Å². The van der Waals surface area contributed by atoms with Gasteiger partial charge in [0.1, 0.15) is 11.6 Å². The zero-order valence-corrected chi connectivity index (χ0v) is 22.2. The van der Waals surface area contributed by atoms with Crippen molar-refractivity contribution >= 4 is 17.4 Å². The summed E-state index contributed by atoms with van der Waals surface area (Å²) < 4.78 is 5.77. The van der Waals surface area contributed by atoms with Crippen LogP contribution in [-0.4, -0.2) is 56.7 Å². The van der Waals surface area contributed by atoms with E-state index in [4.69, 9.17) is 14.7 Å². The number of rotatable bonds is 7. The molecule has 38 heavy (non-hydrogen) atoms. The number of carbonyl (C=O) groups excluding carboxylic acids is 1. The van der Waals surface area contributed by atoms with Crippen LogP contribution in [0.5, 0.6) is 5.75 Å². The Hall–Kier alpha value is -4.24. The van der Waals surface area contributed by atoms with Crippen molar-refractivity contribution in [3.05, 3.63) is 72.2 Å². The zero-order chi connectivity index (χ0) is 26.7. The summed E-state index contributed by atoms with van der Waals surface area (Å²) in [5.41, 5.74) is 5.74. The number of likely N-dealkylation sites (N-methyl/N-ethyl adjacent to an activating group) is 1. The number of anilines is 2. The van der Waals surface area contributed by atoms with E-state index in [1.807, 2.05) is 63.4 Å². The van der Waals surface area contributed by atoms with E-state index in [2.05, 4.69) is 44.9 Å². The average molecular weight is 512 g/mol. The number of nitrogens with one attached hydrogen (secondary N) is 3. The number of carbonyl (C=O) groups is 1. The number of H-pyrrole nitrogens is 1. The largest absolute Gasteiger partial charge is 0.484 e. The normalized spacial score (nSPS) is 13.6. The first kappa shape index (κ1) is 25.4. The first-order valence-corrected chi connectivity index (χ1v) is 12.7. The third kappa shape index (κ3) is 6.18. The van der Waals surface area contributed by atoms with Crippen LogP contribution in [-0.2, 0) is 17.8 Å². The van der Waals surface area contributed by atoms with Crippen molar-refractivity contribution in [2.45, 2.75) is 39.3 Å². The molecule has 2 aromatic carbocycles. The smallest absolute Gasteiger partial charge is 0.258 e. The maximum absolute atomic E-state index is 12.2. The van der Waals surface area contributed by atoms with Crippen LogP contribution < -0.4 is 15.4 Å². The molecule has 0 atom stereocenters. The average Bonchev–Trinajstić information content (AvgIpc) is 3.42. The van der Waals surface area contributed by atoms with Gasteiger partial charge in [0.25, 0.3) is 5.91 Å². The van der Waals surface area contributed by atoms with Gasteiger partial charge in [0.05, 0.1) is 11.9 Å². The minimum Gasteiger partial charge on any atom is -0.484 e. The number of aromatic amines is 1. The molecule has 1 aliphatic rings. The van der Waals surface area contributed by atoms with Crippen LogP contribution in [0, 0.1) is 0 Å². The molecule has 5 rings (SSSR count). The Labute approximate surface area is 222 Å². The van der Waals surface area contributed by atoms with Crippen molar-refractivity contribution in [3.63, 3.8) is 0 Å². The van der Waals surface area contributed by atoms with Gasteiger partial charge in [0.2, 0.25) is 0 Å². The minimum atomic E-state index is -0.309. The molecule has 0 fully saturated rings. The van der Waals surface area contributed by atoms with Crippen LogP contribution in [0.1, 0.15) is 32.0 Å². The molecular weight excluding hydrogens is 478 g/mol. The Balaban J connectivity index is 1.40. The number of hydrogen-bond acceptors (Lipinski definition) is 7. The second kappa shape index (κ2) is 10.6. The molecule has 9 nitrogen and oxygen atoms in total. The summed E-state index contributed by atoms with van der Waals surface area (Å²) in [5.74, 6) is 1.85. The summed E-state index contributed by atoms with van der Waals surface area (Å²) in [7, 11) is 2.11. The maximum atomic E-state index is 12.2. The molecule has 0 spiro atoms. The molecular formula is C29H33N7O2. The molecule has 3 heterocycles. The summed E-state index contributed by atoms with van der Waals surface area (Å²) in [4.78, 5) is 24.4. The number of nitrogens with zero attached hydrogens (tertiary/aromatic N) is 4. The van der Waals surface area contributed by atoms with Crippen molar-refractivity contribution in [1.82, 2.24) is 30.4 Å². The molecule has 0 saturated heterocycles. The molecule has 0 saturated carbocycles. The summed E-state index contributed by atoms with van der Waals surface area (Å²) in [6.45, 7) is 7.48. The van der Waals surface area contributed by atoms with E-state index in [1.54, 1.807) is 6.20 Å². The number of benzene rings is 2. The number of hydrogen-bond donors (Lipinski definition) is 3. The van der Waals surface area contributed by atoms with Crippen LogP contribution in [0.4, 0.5) is 11.5 Å². The molecule has 0 unspecified atom stereocenters. The third-order valence-electron chi connectivity index (χ3n) is 6.21. The van der Waals surface area contributed by atoms with Gasteiger partial charge in [-0.3, -0.25) is 9.89 Å². The Morgan fingerprint density at radius 2 is 1.89 bits per heavy atom. The molecule has 4 aromatic rings. The topological polar surface area (TPSA) is 108 Å². The van der Waals surface area contributed by atoms with Crippen LogP contribution in [0.2, 0.25) is 0 Å². The van der Waals surface area contributed by atoms with Gasteiger partial charge < -0.3 is 20.3 Å². The lowest BCUT2D eigenvalue weighted by Gasteiger charge is -2.26. The molecule has 1 amide bonds. The molecule has 3 N–H and O–H groups in total. The van der Waals surface area contributed by atoms with Gasteiger partial charge >= 0.3 is 0 Å². The van der Waals surface area contributed by atoms with Gasteiger partial charge in [0, 0.05) is 53.6 Å². The van der Waals surface area contributed by atoms with Gasteiger partial charge in [-0.2, -0.15) is 5.10 Å². The molecule has 0 bridgehead atoms. The monoisotopic (exact) mass is 511 g/mol. The fourth-order valence-corrected chi connectivity index (χ4v) is 4.40. The molecule has 196 valence electrons. The van der Waals surface area contributed by atoms with Gasteiger partial charge in [-0.05, 0) is 57.6 Å². The van der Waals surface area contributed by atoms with E-state index in [-0.39, 0.29) is 18.1 Å². The van der Waals surface area contributed by atoms with Crippen molar-refractivity contribution in [2.75, 3.05) is 25.5 Å². The van der Waals surface area contributed by atoms with Crippen LogP contribution >= 0.6 is 0 Å². The highest BCUT2D eigenvalue weighted by Crippen LogP contribution is 2.31. The highest BCUT2D eigenvalue weighted by atomic mass is 16.5. The fraction of sp³-hybridized carbons (Fsp3) is 0.310. The van der Waals surface area contributed by atoms with E-state index in [9.17, 15) is 4.79 Å². The second-order valence-electron chi connectivity index (χ2n) is 10.6. The van der Waals surface area contributed by atoms with E-state index in [0.717, 1.165) is 59.0 Å². The SMILES string of the molecule is CN1CCc2nc(-c3cccc(OCC(=O)NC(C)(C)C)c3)nc(Nc3ccc(-c4cn[nH]c4)cc3)c2C1. The highest BCUT2D eigenvalue weighted by molar-refractivity contribution is 5.78. The van der Waals surface area contributed by atoms with Gasteiger partial charge in [-0.1, -0.05) is 24.3 Å². The van der Waals surface area contributed by atoms with E-state index in [0.29, 0.717) is 11.6 Å². The summed E-state index contributed by atoms with van der Waals surface area (Å²) in [6, 6.07) is 15.8. The van der Waals surface area contributed by atoms with E-state index in [1.165, 1.54) is 0 Å². The lowest BCUT2D eigenvalue weighted by molar-refractivity contribution is -0.124. The summed E-state index contributed by atoms with van der Waals surface area (Å²) in [6.07, 6.45) is 4.53. The number of ether oxygens (including phenoxy) is 1. The zero-order valence-electron chi connectivity index (χ0n) is 22.2. The van der Waals surface area contributed by atoms with Crippen LogP contribution in [0.3, 0.4) is 0 Å².